The average molecular weight is 334 g/mol. The zero-order valence-electron chi connectivity index (χ0n) is 9.91. The third-order valence-corrected chi connectivity index (χ3v) is 3.64. The molecule has 0 aliphatic carbocycles. The number of benzene rings is 1. The minimum Gasteiger partial charge on any atom is -0.336 e. The molecule has 1 rings (SSSR count). The number of rotatable bonds is 4. The van der Waals surface area contributed by atoms with Crippen LogP contribution in [0, 0.1) is 11.6 Å². The molecule has 0 aromatic heterocycles. The van der Waals surface area contributed by atoms with Crippen molar-refractivity contribution in [2.45, 2.75) is 11.3 Å². The van der Waals surface area contributed by atoms with E-state index in [1.54, 1.807) is 0 Å². The first-order valence-electron chi connectivity index (χ1n) is 5.01. The molecule has 0 aliphatic rings. The average Bonchev–Trinajstić information content (AvgIpc) is 2.28. The van der Waals surface area contributed by atoms with Gasteiger partial charge in [0.2, 0.25) is 0 Å². The number of halogens is 5. The summed E-state index contributed by atoms with van der Waals surface area (Å²) >= 11 is 0. The molecular formula is C10H8ClF4NO3S. The number of amides is 1. The summed E-state index contributed by atoms with van der Waals surface area (Å²) in [5.41, 5.74) is -0.818. The van der Waals surface area contributed by atoms with E-state index in [0.29, 0.717) is 11.0 Å². The van der Waals surface area contributed by atoms with Crippen molar-refractivity contribution >= 4 is 25.6 Å². The van der Waals surface area contributed by atoms with Gasteiger partial charge in [-0.2, -0.15) is 0 Å². The van der Waals surface area contributed by atoms with Crippen LogP contribution in [0.1, 0.15) is 10.4 Å². The summed E-state index contributed by atoms with van der Waals surface area (Å²) in [7, 11) is 1.42. The summed E-state index contributed by atoms with van der Waals surface area (Å²) in [6.07, 6.45) is -2.87. The highest BCUT2D eigenvalue weighted by atomic mass is 35.7. The molecular weight excluding hydrogens is 326 g/mol. The first-order valence-corrected chi connectivity index (χ1v) is 7.32. The van der Waals surface area contributed by atoms with Gasteiger partial charge in [0.1, 0.15) is 0 Å². The van der Waals surface area contributed by atoms with E-state index in [1.165, 1.54) is 0 Å². The topological polar surface area (TPSA) is 54.5 Å². The molecule has 112 valence electrons. The molecule has 10 heteroatoms. The van der Waals surface area contributed by atoms with Gasteiger partial charge in [-0.15, -0.1) is 0 Å². The molecule has 0 aliphatic heterocycles. The second kappa shape index (κ2) is 5.96. The van der Waals surface area contributed by atoms with E-state index in [-0.39, 0.29) is 6.07 Å². The first-order chi connectivity index (χ1) is 9.04. The number of nitrogens with zero attached hydrogens (tertiary/aromatic N) is 1. The van der Waals surface area contributed by atoms with Crippen molar-refractivity contribution in [3.05, 3.63) is 29.3 Å². The molecule has 1 aromatic carbocycles. The quantitative estimate of drug-likeness (QED) is 0.627. The molecule has 1 amide bonds. The fraction of sp³-hybridized carbons (Fsp3) is 0.300. The molecule has 0 unspecified atom stereocenters. The number of hydrogen-bond donors (Lipinski definition) is 0. The van der Waals surface area contributed by atoms with Crippen LogP contribution in [0.25, 0.3) is 0 Å². The van der Waals surface area contributed by atoms with E-state index in [1.807, 2.05) is 0 Å². The molecule has 0 atom stereocenters. The van der Waals surface area contributed by atoms with E-state index >= 15 is 0 Å². The van der Waals surface area contributed by atoms with E-state index in [0.717, 1.165) is 7.05 Å². The largest absolute Gasteiger partial charge is 0.336 e. The highest BCUT2D eigenvalue weighted by Crippen LogP contribution is 2.24. The van der Waals surface area contributed by atoms with Crippen LogP contribution in [-0.4, -0.2) is 39.2 Å². The van der Waals surface area contributed by atoms with Crippen molar-refractivity contribution in [2.24, 2.45) is 0 Å². The standard InChI is InChI=1S/C10H8ClF4NO3S/c1-16(4-9(14)15)10(17)5-2-6(12)7(13)3-8(5)20(11,18)19/h2-3,9H,4H2,1H3. The molecule has 0 saturated heterocycles. The van der Waals surface area contributed by atoms with E-state index in [4.69, 9.17) is 10.7 Å². The summed E-state index contributed by atoms with van der Waals surface area (Å²) in [6, 6.07) is 0.524. The van der Waals surface area contributed by atoms with Gasteiger partial charge in [-0.1, -0.05) is 0 Å². The lowest BCUT2D eigenvalue weighted by Crippen LogP contribution is -2.32. The van der Waals surface area contributed by atoms with Crippen LogP contribution in [0.5, 0.6) is 0 Å². The minimum absolute atomic E-state index is 0.223. The lowest BCUT2D eigenvalue weighted by molar-refractivity contribution is 0.0616. The fourth-order valence-corrected chi connectivity index (χ4v) is 2.43. The van der Waals surface area contributed by atoms with Gasteiger partial charge in [-0.25, -0.2) is 26.0 Å². The van der Waals surface area contributed by atoms with Gasteiger partial charge in [0.15, 0.2) is 11.6 Å². The van der Waals surface area contributed by atoms with Crippen molar-refractivity contribution in [3.8, 4) is 0 Å². The number of alkyl halides is 2. The second-order valence-corrected chi connectivity index (χ2v) is 6.31. The van der Waals surface area contributed by atoms with Crippen molar-refractivity contribution in [3.63, 3.8) is 0 Å². The molecule has 1 aromatic rings. The molecule has 0 heterocycles. The predicted molar refractivity (Wildman–Crippen MR) is 62.4 cm³/mol. The Hall–Kier alpha value is -1.35. The number of hydrogen-bond acceptors (Lipinski definition) is 3. The number of carbonyl (C=O) groups excluding carboxylic acids is 1. The summed E-state index contributed by atoms with van der Waals surface area (Å²) in [5, 5.41) is 0. The minimum atomic E-state index is -4.55. The van der Waals surface area contributed by atoms with Gasteiger partial charge in [0.05, 0.1) is 17.0 Å². The van der Waals surface area contributed by atoms with Crippen molar-refractivity contribution < 1.29 is 30.8 Å². The maximum atomic E-state index is 13.1. The summed E-state index contributed by atoms with van der Waals surface area (Å²) < 4.78 is 72.9. The van der Waals surface area contributed by atoms with Gasteiger partial charge < -0.3 is 4.90 Å². The van der Waals surface area contributed by atoms with Gasteiger partial charge >= 0.3 is 0 Å². The van der Waals surface area contributed by atoms with E-state index in [9.17, 15) is 30.8 Å². The highest BCUT2D eigenvalue weighted by molar-refractivity contribution is 8.13. The molecule has 0 N–H and O–H groups in total. The van der Waals surface area contributed by atoms with Crippen LogP contribution in [0.3, 0.4) is 0 Å². The highest BCUT2D eigenvalue weighted by Gasteiger charge is 2.26. The Bertz CT molecular complexity index is 636. The molecule has 0 fully saturated rings. The van der Waals surface area contributed by atoms with Crippen molar-refractivity contribution in [1.29, 1.82) is 0 Å². The van der Waals surface area contributed by atoms with Crippen LogP contribution in [0.4, 0.5) is 17.6 Å². The zero-order chi connectivity index (χ0) is 15.7. The molecule has 0 radical (unpaired) electrons. The Balaban J connectivity index is 3.37. The second-order valence-electron chi connectivity index (χ2n) is 3.78. The Kier molecular flexibility index (Phi) is 4.98. The summed E-state index contributed by atoms with van der Waals surface area (Å²) in [5.74, 6) is -4.25. The predicted octanol–water partition coefficient (Wildman–Crippen LogP) is 2.23. The smallest absolute Gasteiger partial charge is 0.262 e. The molecule has 0 spiro atoms. The zero-order valence-corrected chi connectivity index (χ0v) is 11.5. The Morgan fingerprint density at radius 2 is 1.80 bits per heavy atom. The van der Waals surface area contributed by atoms with Gasteiger partial charge in [0, 0.05) is 17.7 Å². The molecule has 4 nitrogen and oxygen atoms in total. The summed E-state index contributed by atoms with van der Waals surface area (Å²) in [6.45, 7) is -1.00. The monoisotopic (exact) mass is 333 g/mol. The van der Waals surface area contributed by atoms with Gasteiger partial charge in [-0.3, -0.25) is 4.79 Å². The number of carbonyl (C=O) groups is 1. The summed E-state index contributed by atoms with van der Waals surface area (Å²) in [4.78, 5) is 11.3. The SMILES string of the molecule is CN(CC(F)F)C(=O)c1cc(F)c(F)cc1S(=O)(=O)Cl. The van der Waals surface area contributed by atoms with E-state index in [2.05, 4.69) is 0 Å². The lowest BCUT2D eigenvalue weighted by atomic mass is 10.2. The van der Waals surface area contributed by atoms with Crippen LogP contribution >= 0.6 is 10.7 Å². The Morgan fingerprint density at radius 3 is 2.25 bits per heavy atom. The van der Waals surface area contributed by atoms with Crippen LogP contribution in [-0.2, 0) is 9.05 Å². The van der Waals surface area contributed by atoms with Gasteiger partial charge in [0.25, 0.3) is 21.4 Å². The lowest BCUT2D eigenvalue weighted by Gasteiger charge is -2.18. The third-order valence-electron chi connectivity index (χ3n) is 2.27. The van der Waals surface area contributed by atoms with Crippen LogP contribution in [0.2, 0.25) is 0 Å². The van der Waals surface area contributed by atoms with Gasteiger partial charge in [-0.05, 0) is 12.1 Å². The van der Waals surface area contributed by atoms with Crippen molar-refractivity contribution in [1.82, 2.24) is 4.90 Å². The van der Waals surface area contributed by atoms with Crippen LogP contribution in [0.15, 0.2) is 17.0 Å². The molecule has 0 saturated carbocycles. The first kappa shape index (κ1) is 16.7. The Morgan fingerprint density at radius 1 is 1.30 bits per heavy atom. The molecule has 0 bridgehead atoms. The maximum Gasteiger partial charge on any atom is 0.262 e. The normalized spacial score (nSPS) is 11.8. The fourth-order valence-electron chi connectivity index (χ4n) is 1.39. The maximum absolute atomic E-state index is 13.1. The Labute approximate surface area is 116 Å². The van der Waals surface area contributed by atoms with E-state index < -0.39 is 50.0 Å². The molecule has 20 heavy (non-hydrogen) atoms. The third kappa shape index (κ3) is 3.83. The van der Waals surface area contributed by atoms with Crippen LogP contribution < -0.4 is 0 Å². The van der Waals surface area contributed by atoms with Crippen molar-refractivity contribution in [2.75, 3.05) is 13.6 Å².